The van der Waals surface area contributed by atoms with Crippen LogP contribution in [0.4, 0.5) is 0 Å². The molecule has 0 bridgehead atoms. The van der Waals surface area contributed by atoms with Crippen LogP contribution in [-0.2, 0) is 16.9 Å². The van der Waals surface area contributed by atoms with Crippen LogP contribution in [0.15, 0.2) is 58.2 Å². The first-order valence-corrected chi connectivity index (χ1v) is 8.55. The van der Waals surface area contributed by atoms with E-state index < -0.39 is 11.5 Å². The third kappa shape index (κ3) is 2.70. The Morgan fingerprint density at radius 2 is 2.00 bits per heavy atom. The summed E-state index contributed by atoms with van der Waals surface area (Å²) >= 11 is 0. The van der Waals surface area contributed by atoms with Crippen molar-refractivity contribution in [2.24, 2.45) is 0 Å². The van der Waals surface area contributed by atoms with E-state index in [1.54, 1.807) is 30.6 Å². The molecule has 26 heavy (non-hydrogen) atoms. The van der Waals surface area contributed by atoms with Crippen molar-refractivity contribution in [3.05, 3.63) is 64.8 Å². The highest BCUT2D eigenvalue weighted by molar-refractivity contribution is 5.77. The lowest BCUT2D eigenvalue weighted by Gasteiger charge is -2.38. The number of nitrogens with zero attached hydrogens (tertiary/aromatic N) is 3. The molecular formula is C19H19N3O4. The third-order valence-corrected chi connectivity index (χ3v) is 5.17. The zero-order valence-corrected chi connectivity index (χ0v) is 14.2. The molecule has 3 aromatic rings. The molecule has 0 unspecified atom stereocenters. The number of rotatable bonds is 4. The van der Waals surface area contributed by atoms with Crippen molar-refractivity contribution in [3.8, 4) is 0 Å². The number of carboxylic acids is 1. The highest BCUT2D eigenvalue weighted by atomic mass is 16.4. The summed E-state index contributed by atoms with van der Waals surface area (Å²) in [5.41, 5.74) is 0.108. The largest absolute Gasteiger partial charge is 0.479 e. The number of hydrogen-bond donors (Lipinski definition) is 1. The molecule has 0 aliphatic carbocycles. The number of fused-ring (bicyclic) bond motifs is 1. The normalized spacial score (nSPS) is 17.4. The summed E-state index contributed by atoms with van der Waals surface area (Å²) in [5.74, 6) is -0.869. The number of carboxylic acid groups (broad SMARTS) is 1. The Labute approximate surface area is 149 Å². The number of hydrogen-bond acceptors (Lipinski definition) is 5. The van der Waals surface area contributed by atoms with Gasteiger partial charge < -0.3 is 9.52 Å². The molecule has 0 atom stereocenters. The Kier molecular flexibility index (Phi) is 4.08. The Hall–Kier alpha value is -2.93. The molecule has 0 saturated carbocycles. The van der Waals surface area contributed by atoms with Crippen LogP contribution in [0.25, 0.3) is 11.0 Å². The fraction of sp³-hybridized carbons (Fsp3) is 0.316. The van der Waals surface area contributed by atoms with Crippen LogP contribution in [0, 0.1) is 0 Å². The minimum atomic E-state index is -1.02. The smallest absolute Gasteiger partial charge is 0.331 e. The predicted octanol–water partition coefficient (Wildman–Crippen LogP) is 2.07. The summed E-state index contributed by atoms with van der Waals surface area (Å²) in [5, 5.41) is 14.5. The summed E-state index contributed by atoms with van der Waals surface area (Å²) in [6, 6.07) is 8.91. The number of aromatic nitrogens is 2. The number of para-hydroxylation sites is 1. The molecule has 3 heterocycles. The first kappa shape index (κ1) is 16.5. The van der Waals surface area contributed by atoms with E-state index in [1.165, 1.54) is 10.9 Å². The first-order valence-electron chi connectivity index (χ1n) is 8.55. The van der Waals surface area contributed by atoms with Crippen LogP contribution in [0.1, 0.15) is 18.4 Å². The van der Waals surface area contributed by atoms with Crippen LogP contribution < -0.4 is 5.43 Å². The fourth-order valence-electron chi connectivity index (χ4n) is 3.61. The Morgan fingerprint density at radius 1 is 1.23 bits per heavy atom. The third-order valence-electron chi connectivity index (χ3n) is 5.17. The molecule has 0 radical (unpaired) electrons. The fourth-order valence-corrected chi connectivity index (χ4v) is 3.61. The first-order chi connectivity index (χ1) is 12.6. The molecular weight excluding hydrogens is 334 g/mol. The minimum Gasteiger partial charge on any atom is -0.479 e. The summed E-state index contributed by atoms with van der Waals surface area (Å²) in [6.07, 6.45) is 5.67. The predicted molar refractivity (Wildman–Crippen MR) is 94.8 cm³/mol. The number of piperidine rings is 1. The van der Waals surface area contributed by atoms with E-state index in [1.807, 2.05) is 12.1 Å². The van der Waals surface area contributed by atoms with Crippen LogP contribution in [-0.4, -0.2) is 38.8 Å². The van der Waals surface area contributed by atoms with Gasteiger partial charge in [0.05, 0.1) is 11.6 Å². The van der Waals surface area contributed by atoms with Gasteiger partial charge in [-0.15, -0.1) is 0 Å². The van der Waals surface area contributed by atoms with E-state index in [9.17, 15) is 14.7 Å². The summed E-state index contributed by atoms with van der Waals surface area (Å²) < 4.78 is 7.11. The maximum absolute atomic E-state index is 12.6. The second-order valence-electron chi connectivity index (χ2n) is 6.65. The number of aliphatic carboxylic acids is 1. The van der Waals surface area contributed by atoms with Gasteiger partial charge in [-0.05, 0) is 31.0 Å². The zero-order valence-electron chi connectivity index (χ0n) is 14.2. The molecule has 7 heteroatoms. The quantitative estimate of drug-likeness (QED) is 0.772. The molecule has 0 spiro atoms. The van der Waals surface area contributed by atoms with E-state index in [0.717, 1.165) is 0 Å². The van der Waals surface area contributed by atoms with E-state index in [0.29, 0.717) is 49.0 Å². The van der Waals surface area contributed by atoms with E-state index in [-0.39, 0.29) is 5.43 Å². The molecule has 0 amide bonds. The van der Waals surface area contributed by atoms with E-state index >= 15 is 0 Å². The molecule has 4 rings (SSSR count). The average molecular weight is 353 g/mol. The van der Waals surface area contributed by atoms with Gasteiger partial charge in [-0.3, -0.25) is 14.4 Å². The van der Waals surface area contributed by atoms with Crippen molar-refractivity contribution < 1.29 is 14.3 Å². The van der Waals surface area contributed by atoms with Gasteiger partial charge in [-0.2, -0.15) is 5.10 Å². The van der Waals surface area contributed by atoms with Gasteiger partial charge >= 0.3 is 5.97 Å². The lowest BCUT2D eigenvalue weighted by atomic mass is 9.87. The molecule has 2 aromatic heterocycles. The van der Waals surface area contributed by atoms with E-state index in [2.05, 4.69) is 10.00 Å². The van der Waals surface area contributed by atoms with Gasteiger partial charge in [0.25, 0.3) is 0 Å². The van der Waals surface area contributed by atoms with Crippen molar-refractivity contribution in [1.29, 1.82) is 0 Å². The van der Waals surface area contributed by atoms with Crippen LogP contribution in [0.2, 0.25) is 0 Å². The summed E-state index contributed by atoms with van der Waals surface area (Å²) in [7, 11) is 0. The highest BCUT2D eigenvalue weighted by Gasteiger charge is 2.43. The van der Waals surface area contributed by atoms with Crippen molar-refractivity contribution in [1.82, 2.24) is 14.7 Å². The SMILES string of the molecule is O=C(O)C1(n2cccn2)CCN(Cc2coc3ccccc3c2=O)CC1. The second-order valence-corrected chi connectivity index (χ2v) is 6.65. The van der Waals surface area contributed by atoms with Crippen molar-refractivity contribution in [3.63, 3.8) is 0 Å². The second kappa shape index (κ2) is 6.42. The Bertz CT molecular complexity index is 985. The highest BCUT2D eigenvalue weighted by Crippen LogP contribution is 2.30. The van der Waals surface area contributed by atoms with Gasteiger partial charge in [0.2, 0.25) is 0 Å². The zero-order chi connectivity index (χ0) is 18.1. The molecule has 1 aromatic carbocycles. The van der Waals surface area contributed by atoms with Gasteiger partial charge in [-0.1, -0.05) is 12.1 Å². The van der Waals surface area contributed by atoms with E-state index in [4.69, 9.17) is 4.42 Å². The summed E-state index contributed by atoms with van der Waals surface area (Å²) in [4.78, 5) is 26.6. The molecule has 1 N–H and O–H groups in total. The topological polar surface area (TPSA) is 88.6 Å². The lowest BCUT2D eigenvalue weighted by molar-refractivity contribution is -0.151. The number of benzene rings is 1. The van der Waals surface area contributed by atoms with Gasteiger partial charge in [0, 0.05) is 37.6 Å². The van der Waals surface area contributed by atoms with Crippen molar-refractivity contribution in [2.75, 3.05) is 13.1 Å². The van der Waals surface area contributed by atoms with Crippen molar-refractivity contribution in [2.45, 2.75) is 24.9 Å². The Morgan fingerprint density at radius 3 is 2.69 bits per heavy atom. The van der Waals surface area contributed by atoms with Crippen molar-refractivity contribution >= 4 is 16.9 Å². The Balaban J connectivity index is 1.53. The minimum absolute atomic E-state index is 0.0333. The monoisotopic (exact) mass is 353 g/mol. The molecule has 134 valence electrons. The number of carbonyl (C=O) groups is 1. The van der Waals surface area contributed by atoms with Gasteiger partial charge in [-0.25, -0.2) is 4.79 Å². The summed E-state index contributed by atoms with van der Waals surface area (Å²) in [6.45, 7) is 1.58. The molecule has 7 nitrogen and oxygen atoms in total. The van der Waals surface area contributed by atoms with Crippen LogP contribution in [0.5, 0.6) is 0 Å². The maximum Gasteiger partial charge on any atom is 0.331 e. The molecule has 1 saturated heterocycles. The average Bonchev–Trinajstić information content (AvgIpc) is 3.20. The standard InChI is InChI=1S/C19H19N3O4/c23-17-14(13-26-16-5-2-1-4-15(16)17)12-21-10-6-19(7-11-21,18(24)25)22-9-3-8-20-22/h1-5,8-9,13H,6-7,10-12H2,(H,24,25). The molecule has 1 aliphatic heterocycles. The maximum atomic E-state index is 12.6. The van der Waals surface area contributed by atoms with Gasteiger partial charge in [0.1, 0.15) is 5.58 Å². The van der Waals surface area contributed by atoms with Gasteiger partial charge in [0.15, 0.2) is 11.0 Å². The molecule has 1 fully saturated rings. The molecule has 1 aliphatic rings. The lowest BCUT2D eigenvalue weighted by Crippen LogP contribution is -2.51. The number of likely N-dealkylation sites (tertiary alicyclic amines) is 1. The van der Waals surface area contributed by atoms with Crippen LogP contribution >= 0.6 is 0 Å². The van der Waals surface area contributed by atoms with Crippen LogP contribution in [0.3, 0.4) is 0 Å².